The molecule has 32 heavy (non-hydrogen) atoms. The molecule has 0 aliphatic heterocycles. The van der Waals surface area contributed by atoms with E-state index in [0.29, 0.717) is 19.1 Å². The van der Waals surface area contributed by atoms with E-state index in [4.69, 9.17) is 9.05 Å². The van der Waals surface area contributed by atoms with E-state index < -0.39 is 7.82 Å². The maximum atomic E-state index is 12.4. The zero-order valence-electron chi connectivity index (χ0n) is 22.0. The van der Waals surface area contributed by atoms with Crippen LogP contribution in [0.3, 0.4) is 0 Å². The predicted molar refractivity (Wildman–Crippen MR) is 135 cm³/mol. The lowest BCUT2D eigenvalue weighted by Gasteiger charge is -2.47. The highest BCUT2D eigenvalue weighted by Gasteiger charge is 2.41. The highest BCUT2D eigenvalue weighted by Crippen LogP contribution is 2.52. The average Bonchev–Trinajstić information content (AvgIpc) is 2.66. The van der Waals surface area contributed by atoms with Crippen LogP contribution < -0.4 is 0 Å². The second-order valence-electron chi connectivity index (χ2n) is 12.2. The molecule has 0 radical (unpaired) electrons. The fraction of sp³-hybridized carbons (Fsp3) is 1.00. The average molecular weight is 473 g/mol. The largest absolute Gasteiger partial charge is 0.472 e. The number of hydrogen-bond acceptors (Lipinski definition) is 3. The Morgan fingerprint density at radius 2 is 1.56 bits per heavy atom. The maximum absolute atomic E-state index is 12.4. The normalized spacial score (nSPS) is 32.8. The van der Waals surface area contributed by atoms with Crippen LogP contribution in [0.2, 0.25) is 0 Å². The topological polar surface area (TPSA) is 55.8 Å². The minimum Gasteiger partial charge on any atom is -0.302 e. The molecule has 2 bridgehead atoms. The van der Waals surface area contributed by atoms with Crippen molar-refractivity contribution in [2.75, 3.05) is 13.2 Å². The van der Waals surface area contributed by atoms with E-state index in [1.54, 1.807) is 0 Å². The van der Waals surface area contributed by atoms with Crippen LogP contribution in [0.1, 0.15) is 119 Å². The molecule has 2 saturated carbocycles. The summed E-state index contributed by atoms with van der Waals surface area (Å²) in [7, 11) is -3.95. The summed E-state index contributed by atoms with van der Waals surface area (Å²) in [4.78, 5) is 10.2. The van der Waals surface area contributed by atoms with E-state index in [9.17, 15) is 9.46 Å². The van der Waals surface area contributed by atoms with Gasteiger partial charge in [-0.05, 0) is 98.7 Å². The molecular weight excluding hydrogens is 419 g/mol. The third-order valence-electron chi connectivity index (χ3n) is 8.39. The minimum absolute atomic E-state index is 0.242. The van der Waals surface area contributed by atoms with Gasteiger partial charge in [0.25, 0.3) is 0 Å². The molecule has 2 aliphatic carbocycles. The Morgan fingerprint density at radius 1 is 0.969 bits per heavy atom. The lowest BCUT2D eigenvalue weighted by molar-refractivity contribution is 0.0278. The lowest BCUT2D eigenvalue weighted by atomic mass is 9.59. The number of fused-ring (bicyclic) bond motifs is 2. The van der Waals surface area contributed by atoms with Gasteiger partial charge in [-0.2, -0.15) is 0 Å². The molecule has 0 amide bonds. The van der Waals surface area contributed by atoms with Gasteiger partial charge in [-0.15, -0.1) is 0 Å². The molecule has 2 aliphatic rings. The van der Waals surface area contributed by atoms with E-state index >= 15 is 0 Å². The third kappa shape index (κ3) is 10.2. The number of phosphoric ester groups is 1. The summed E-state index contributed by atoms with van der Waals surface area (Å²) in [5, 5.41) is 0. The fourth-order valence-electron chi connectivity index (χ4n) is 6.89. The lowest BCUT2D eigenvalue weighted by Crippen LogP contribution is -2.36. The van der Waals surface area contributed by atoms with Gasteiger partial charge in [-0.3, -0.25) is 9.05 Å². The Kier molecular flexibility index (Phi) is 11.8. The second kappa shape index (κ2) is 13.3. The molecule has 0 aromatic carbocycles. The molecule has 190 valence electrons. The molecule has 2 fully saturated rings. The van der Waals surface area contributed by atoms with Crippen molar-refractivity contribution in [1.82, 2.24) is 0 Å². The standard InChI is InChI=1S/C27H53O4P/c1-7-9-24(14-21(3)8-2)15-22(4)10-12-30-32(28,29)31-13-11-27(6)19-25-16-23(5)17-26(18-25)20-27/h21-26H,7-20H2,1-6H3,(H,28,29). The Balaban J connectivity index is 1.67. The van der Waals surface area contributed by atoms with Gasteiger partial charge >= 0.3 is 7.82 Å². The molecule has 0 spiro atoms. The molecule has 4 nitrogen and oxygen atoms in total. The van der Waals surface area contributed by atoms with Gasteiger partial charge in [0.05, 0.1) is 13.2 Å². The smallest absolute Gasteiger partial charge is 0.302 e. The third-order valence-corrected chi connectivity index (χ3v) is 9.41. The molecule has 1 N–H and O–H groups in total. The van der Waals surface area contributed by atoms with Crippen LogP contribution in [0, 0.1) is 40.9 Å². The first-order chi connectivity index (χ1) is 15.0. The number of hydrogen-bond donors (Lipinski definition) is 1. The maximum Gasteiger partial charge on any atom is 0.472 e. The summed E-state index contributed by atoms with van der Waals surface area (Å²) in [5.74, 6) is 4.55. The van der Waals surface area contributed by atoms with Crippen LogP contribution in [0.5, 0.6) is 0 Å². The predicted octanol–water partition coefficient (Wildman–Crippen LogP) is 8.63. The number of rotatable bonds is 15. The Hall–Kier alpha value is 0.110. The van der Waals surface area contributed by atoms with Crippen LogP contribution in [-0.2, 0) is 13.6 Å². The van der Waals surface area contributed by atoms with Gasteiger partial charge in [0.15, 0.2) is 0 Å². The molecule has 0 heterocycles. The van der Waals surface area contributed by atoms with Crippen molar-refractivity contribution in [1.29, 1.82) is 0 Å². The Morgan fingerprint density at radius 3 is 2.16 bits per heavy atom. The first-order valence-electron chi connectivity index (χ1n) is 13.7. The van der Waals surface area contributed by atoms with E-state index in [1.807, 2.05) is 0 Å². The van der Waals surface area contributed by atoms with Gasteiger partial charge in [-0.25, -0.2) is 4.57 Å². The Bertz CT molecular complexity index is 562. The van der Waals surface area contributed by atoms with Gasteiger partial charge in [0, 0.05) is 0 Å². The van der Waals surface area contributed by atoms with Crippen LogP contribution in [0.25, 0.3) is 0 Å². The molecular formula is C27H53O4P. The molecule has 6 unspecified atom stereocenters. The van der Waals surface area contributed by atoms with Crippen LogP contribution >= 0.6 is 7.82 Å². The SMILES string of the molecule is CCCC(CC(C)CC)CC(C)CCOP(=O)(O)OCCC1(C)CC2CC(C)CC(C2)C1. The van der Waals surface area contributed by atoms with Crippen LogP contribution in [0.4, 0.5) is 0 Å². The molecule has 0 aromatic rings. The van der Waals surface area contributed by atoms with E-state index in [0.717, 1.165) is 42.4 Å². The van der Waals surface area contributed by atoms with Gasteiger partial charge < -0.3 is 4.89 Å². The van der Waals surface area contributed by atoms with Crippen molar-refractivity contribution in [3.05, 3.63) is 0 Å². The zero-order valence-corrected chi connectivity index (χ0v) is 22.9. The van der Waals surface area contributed by atoms with Gasteiger partial charge in [-0.1, -0.05) is 60.8 Å². The van der Waals surface area contributed by atoms with Crippen molar-refractivity contribution >= 4 is 7.82 Å². The van der Waals surface area contributed by atoms with Crippen molar-refractivity contribution in [2.24, 2.45) is 40.9 Å². The summed E-state index contributed by atoms with van der Waals surface area (Å²) >= 11 is 0. The zero-order chi connectivity index (χ0) is 23.8. The van der Waals surface area contributed by atoms with Crippen LogP contribution in [-0.4, -0.2) is 18.1 Å². The molecule has 2 rings (SSSR count). The molecule has 0 aromatic heterocycles. The summed E-state index contributed by atoms with van der Waals surface area (Å²) < 4.78 is 23.1. The molecule has 0 saturated heterocycles. The van der Waals surface area contributed by atoms with E-state index in [1.165, 1.54) is 64.2 Å². The van der Waals surface area contributed by atoms with Crippen molar-refractivity contribution in [3.8, 4) is 0 Å². The fourth-order valence-corrected chi connectivity index (χ4v) is 7.62. The summed E-state index contributed by atoms with van der Waals surface area (Å²) in [6.45, 7) is 14.5. The second-order valence-corrected chi connectivity index (χ2v) is 13.6. The van der Waals surface area contributed by atoms with Gasteiger partial charge in [0.1, 0.15) is 0 Å². The quantitative estimate of drug-likeness (QED) is 0.242. The first-order valence-corrected chi connectivity index (χ1v) is 15.2. The summed E-state index contributed by atoms with van der Waals surface area (Å²) in [5.41, 5.74) is 0.242. The minimum atomic E-state index is -3.95. The van der Waals surface area contributed by atoms with Crippen molar-refractivity contribution in [3.63, 3.8) is 0 Å². The first kappa shape index (κ1) is 28.3. The monoisotopic (exact) mass is 472 g/mol. The van der Waals surface area contributed by atoms with Crippen molar-refractivity contribution in [2.45, 2.75) is 119 Å². The van der Waals surface area contributed by atoms with E-state index in [2.05, 4.69) is 41.5 Å². The van der Waals surface area contributed by atoms with Crippen LogP contribution in [0.15, 0.2) is 0 Å². The summed E-state index contributed by atoms with van der Waals surface area (Å²) in [6, 6.07) is 0. The molecule has 5 heteroatoms. The van der Waals surface area contributed by atoms with Crippen molar-refractivity contribution < 1.29 is 18.5 Å². The highest BCUT2D eigenvalue weighted by molar-refractivity contribution is 7.47. The highest BCUT2D eigenvalue weighted by atomic mass is 31.2. The summed E-state index contributed by atoms with van der Waals surface area (Å²) in [6.07, 6.45) is 14.4. The molecule has 6 atom stereocenters. The van der Waals surface area contributed by atoms with E-state index in [-0.39, 0.29) is 5.41 Å². The Labute approximate surface area is 199 Å². The van der Waals surface area contributed by atoms with Gasteiger partial charge in [0.2, 0.25) is 0 Å². The number of phosphoric acid groups is 1.